The average molecular weight is 1120 g/mol. The molecule has 1 fully saturated rings. The molecule has 1 aliphatic heterocycles. The zero-order valence-electron chi connectivity index (χ0n) is 48.8. The third-order valence-corrected chi connectivity index (χ3v) is 14.9. The van der Waals surface area contributed by atoms with Crippen LogP contribution in [0, 0.1) is 29.6 Å². The van der Waals surface area contributed by atoms with Crippen molar-refractivity contribution in [1.82, 2.24) is 42.1 Å². The van der Waals surface area contributed by atoms with Gasteiger partial charge in [-0.3, -0.25) is 38.4 Å². The van der Waals surface area contributed by atoms with E-state index in [1.54, 1.807) is 70.2 Å². The highest BCUT2D eigenvalue weighted by atomic mass is 16.4. The summed E-state index contributed by atoms with van der Waals surface area (Å²) in [7, 11) is 0. The van der Waals surface area contributed by atoms with Crippen LogP contribution in [0.5, 0.6) is 5.75 Å². The smallest absolute Gasteiger partial charge is 0.326 e. The molecule has 0 bridgehead atoms. The van der Waals surface area contributed by atoms with Gasteiger partial charge in [0.05, 0.1) is 6.04 Å². The second kappa shape index (κ2) is 32.2. The topological polar surface area (TPSA) is 308 Å². The van der Waals surface area contributed by atoms with Crippen molar-refractivity contribution in [2.75, 3.05) is 6.54 Å². The predicted octanol–water partition coefficient (Wildman–Crippen LogP) is 4.06. The van der Waals surface area contributed by atoms with Gasteiger partial charge in [0.25, 0.3) is 0 Å². The summed E-state index contributed by atoms with van der Waals surface area (Å²) >= 11 is 0. The second-order valence-corrected chi connectivity index (χ2v) is 22.9. The Morgan fingerprint density at radius 3 is 1.44 bits per heavy atom. The minimum atomic E-state index is -1.28. The lowest BCUT2D eigenvalue weighted by atomic mass is 9.95. The lowest BCUT2D eigenvalue weighted by Crippen LogP contribution is -2.61. The molecule has 3 aromatic rings. The number of likely N-dealkylation sites (tertiary alicyclic amines) is 1. The highest BCUT2D eigenvalue weighted by Crippen LogP contribution is 2.23. The monoisotopic (exact) mass is 1120 g/mol. The minimum absolute atomic E-state index is 0.00721. The third-order valence-electron chi connectivity index (χ3n) is 14.9. The van der Waals surface area contributed by atoms with Gasteiger partial charge in [-0.05, 0) is 90.5 Å². The molecule has 20 nitrogen and oxygen atoms in total. The lowest BCUT2D eigenvalue weighted by Gasteiger charge is -2.33. The molecule has 81 heavy (non-hydrogen) atoms. The van der Waals surface area contributed by atoms with Crippen LogP contribution < -0.4 is 43.0 Å². The van der Waals surface area contributed by atoms with E-state index in [0.29, 0.717) is 30.4 Å². The first-order chi connectivity index (χ1) is 38.3. The summed E-state index contributed by atoms with van der Waals surface area (Å²) < 4.78 is 0. The Morgan fingerprint density at radius 2 is 0.938 bits per heavy atom. The number of carbonyl (C=O) groups excluding carboxylic acids is 8. The number of nitrogens with one attached hydrogen (secondary N) is 7. The summed E-state index contributed by atoms with van der Waals surface area (Å²) in [5.74, 6) is -7.92. The van der Waals surface area contributed by atoms with Gasteiger partial charge in [-0.15, -0.1) is 0 Å². The Balaban J connectivity index is 1.57. The van der Waals surface area contributed by atoms with Crippen LogP contribution in [0.4, 0.5) is 0 Å². The molecule has 1 heterocycles. The van der Waals surface area contributed by atoms with Crippen LogP contribution >= 0.6 is 0 Å². The Labute approximate surface area is 477 Å². The number of nitrogens with zero attached hydrogens (tertiary/aromatic N) is 1. The quantitative estimate of drug-likeness (QED) is 0.0437. The summed E-state index contributed by atoms with van der Waals surface area (Å²) in [6, 6.07) is 13.8. The number of rotatable bonds is 31. The summed E-state index contributed by atoms with van der Waals surface area (Å²) in [4.78, 5) is 128. The van der Waals surface area contributed by atoms with Gasteiger partial charge in [0.15, 0.2) is 0 Å². The largest absolute Gasteiger partial charge is 0.508 e. The van der Waals surface area contributed by atoms with Crippen molar-refractivity contribution >= 4 is 53.2 Å². The van der Waals surface area contributed by atoms with Gasteiger partial charge in [0.2, 0.25) is 47.3 Å². The third kappa shape index (κ3) is 20.6. The first-order valence-corrected chi connectivity index (χ1v) is 28.6. The number of aliphatic carboxylic acids is 1. The molecule has 11 N–H and O–H groups in total. The molecule has 1 aliphatic rings. The zero-order chi connectivity index (χ0) is 60.1. The maximum absolute atomic E-state index is 14.9. The van der Waals surface area contributed by atoms with Crippen LogP contribution in [0.25, 0.3) is 0 Å². The van der Waals surface area contributed by atoms with Crippen molar-refractivity contribution in [3.63, 3.8) is 0 Å². The molecule has 0 spiro atoms. The lowest BCUT2D eigenvalue weighted by molar-refractivity contribution is -0.144. The highest BCUT2D eigenvalue weighted by Gasteiger charge is 2.42. The van der Waals surface area contributed by atoms with Crippen molar-refractivity contribution in [2.24, 2.45) is 35.3 Å². The van der Waals surface area contributed by atoms with E-state index in [1.807, 2.05) is 71.9 Å². The number of hydrogen-bond donors (Lipinski definition) is 10. The van der Waals surface area contributed by atoms with Crippen LogP contribution in [0.15, 0.2) is 84.9 Å². The number of carbonyl (C=O) groups is 9. The van der Waals surface area contributed by atoms with Gasteiger partial charge in [-0.25, -0.2) is 4.79 Å². The summed E-state index contributed by atoms with van der Waals surface area (Å²) in [5, 5.41) is 39.5. The molecule has 20 heteroatoms. The minimum Gasteiger partial charge on any atom is -0.508 e. The second-order valence-electron chi connectivity index (χ2n) is 22.9. The van der Waals surface area contributed by atoms with E-state index in [4.69, 9.17) is 5.73 Å². The van der Waals surface area contributed by atoms with Crippen LogP contribution in [0.3, 0.4) is 0 Å². The van der Waals surface area contributed by atoms with Gasteiger partial charge in [-0.2, -0.15) is 0 Å². The predicted molar refractivity (Wildman–Crippen MR) is 309 cm³/mol. The number of phenolic OH excluding ortho intramolecular Hbond substituents is 1. The molecule has 444 valence electrons. The number of aromatic hydroxyl groups is 1. The standard InChI is InChI=1S/C61H89N9O11/c1-11-38(9)51(68-57(76)48(34-42-25-27-43(71)28-26-42)66-59(78)50(37(7)8)67-53(72)44(62)32-40-20-15-13-16-21-40)60(79)70-29-19-24-49(70)58(77)65-45(30-35(3)4)54(73)64-47(33-41-22-17-14-18-23-41)55(74)63-46(31-36(5)6)56(75)69-52(61(80)81)39(10)12-2/h13-18,20-23,25-28,35-39,44-52,71H,11-12,19,24,29-34,62H2,1-10H3,(H,63,74)(H,64,73)(H,65,77)(H,66,78)(H,67,72)(H,68,76)(H,69,75)(H,80,81)/t38-,39-,44-,45-,46-,47-,48-,49-,50-,51-,52-/m0/s1. The van der Waals surface area contributed by atoms with E-state index >= 15 is 0 Å². The van der Waals surface area contributed by atoms with E-state index in [-0.39, 0.29) is 62.7 Å². The number of carboxylic acid groups (broad SMARTS) is 1. The molecule has 0 aromatic heterocycles. The number of benzene rings is 3. The summed E-state index contributed by atoms with van der Waals surface area (Å²) in [6.45, 7) is 18.2. The van der Waals surface area contributed by atoms with Crippen molar-refractivity contribution in [2.45, 2.75) is 181 Å². The van der Waals surface area contributed by atoms with Crippen LogP contribution in [0.1, 0.15) is 124 Å². The number of amides is 8. The number of phenols is 1. The van der Waals surface area contributed by atoms with Crippen LogP contribution in [-0.2, 0) is 62.4 Å². The molecule has 0 unspecified atom stereocenters. The molecule has 0 radical (unpaired) electrons. The maximum Gasteiger partial charge on any atom is 0.326 e. The summed E-state index contributed by atoms with van der Waals surface area (Å²) in [6.07, 6.45) is 2.06. The fourth-order valence-electron chi connectivity index (χ4n) is 9.73. The molecule has 0 aliphatic carbocycles. The number of nitrogens with two attached hydrogens (primary N) is 1. The van der Waals surface area contributed by atoms with Gasteiger partial charge in [0, 0.05) is 19.4 Å². The molecular weight excluding hydrogens is 1030 g/mol. The summed E-state index contributed by atoms with van der Waals surface area (Å²) in [5.41, 5.74) is 8.39. The Morgan fingerprint density at radius 1 is 0.519 bits per heavy atom. The first kappa shape index (κ1) is 66.2. The number of carboxylic acids is 1. The van der Waals surface area contributed by atoms with Gasteiger partial charge in [0.1, 0.15) is 54.1 Å². The molecule has 0 saturated carbocycles. The Kier molecular flexibility index (Phi) is 26.3. The highest BCUT2D eigenvalue weighted by molar-refractivity contribution is 5.98. The SMILES string of the molecule is CC[C@H](C)[C@H](NC(=O)[C@H](CC(C)C)NC(=O)[C@H](Cc1ccccc1)NC(=O)[C@H](CC(C)C)NC(=O)[C@@H]1CCCN1C(=O)[C@@H](NC(=O)[C@H](Cc1ccc(O)cc1)NC(=O)[C@@H](NC(=O)[C@@H](N)Cc1ccccc1)C(C)C)[C@@H](C)CC)C(=O)O. The molecule has 8 amide bonds. The van der Waals surface area contributed by atoms with Crippen molar-refractivity contribution in [3.05, 3.63) is 102 Å². The normalized spacial score (nSPS) is 17.0. The van der Waals surface area contributed by atoms with E-state index in [0.717, 1.165) is 5.56 Å². The first-order valence-electron chi connectivity index (χ1n) is 28.6. The van der Waals surface area contributed by atoms with Gasteiger partial charge >= 0.3 is 5.97 Å². The Bertz CT molecular complexity index is 2560. The van der Waals surface area contributed by atoms with E-state index < -0.39 is 125 Å². The molecular formula is C61H89N9O11. The van der Waals surface area contributed by atoms with E-state index in [9.17, 15) is 53.4 Å². The maximum atomic E-state index is 14.9. The van der Waals surface area contributed by atoms with Crippen LogP contribution in [-0.4, -0.2) is 129 Å². The van der Waals surface area contributed by atoms with Gasteiger partial charge in [-0.1, -0.05) is 155 Å². The number of hydrogen-bond acceptors (Lipinski definition) is 11. The molecule has 11 atom stereocenters. The Hall–Kier alpha value is -7.35. The molecule has 4 rings (SSSR count). The van der Waals surface area contributed by atoms with Crippen LogP contribution in [0.2, 0.25) is 0 Å². The fraction of sp³-hybridized carbons (Fsp3) is 0.557. The molecule has 1 saturated heterocycles. The van der Waals surface area contributed by atoms with E-state index in [2.05, 4.69) is 37.2 Å². The fourth-order valence-corrected chi connectivity index (χ4v) is 9.73. The van der Waals surface area contributed by atoms with E-state index in [1.165, 1.54) is 17.0 Å². The molecule has 3 aromatic carbocycles. The van der Waals surface area contributed by atoms with Crippen molar-refractivity contribution in [3.8, 4) is 5.75 Å². The van der Waals surface area contributed by atoms with Gasteiger partial charge < -0.3 is 58.1 Å². The van der Waals surface area contributed by atoms with Crippen molar-refractivity contribution < 1.29 is 53.4 Å². The van der Waals surface area contributed by atoms with Crippen molar-refractivity contribution in [1.29, 1.82) is 0 Å². The zero-order valence-corrected chi connectivity index (χ0v) is 48.8. The average Bonchev–Trinajstić information content (AvgIpc) is 3.94.